The molecule has 5 N–H and O–H groups in total. The molecule has 0 amide bonds. The van der Waals surface area contributed by atoms with E-state index in [1.165, 1.54) is 28.1 Å². The van der Waals surface area contributed by atoms with E-state index in [0.29, 0.717) is 0 Å². The Balaban J connectivity index is 1.21. The van der Waals surface area contributed by atoms with Crippen molar-refractivity contribution in [2.24, 2.45) is 0 Å². The molecule has 24 heteroatoms. The van der Waals surface area contributed by atoms with E-state index in [9.17, 15) is 14.2 Å². The fourth-order valence-electron chi connectivity index (χ4n) is 5.06. The number of imidazole rings is 2. The van der Waals surface area contributed by atoms with Crippen LogP contribution in [-0.4, -0.2) is 100 Å². The number of aromatic nitrogens is 8. The van der Waals surface area contributed by atoms with Gasteiger partial charge in [-0.3, -0.25) is 18.2 Å². The van der Waals surface area contributed by atoms with Crippen molar-refractivity contribution in [3.05, 3.63) is 25.3 Å². The maximum atomic E-state index is 15.8. The molecule has 0 bridgehead atoms. The second-order valence-electron chi connectivity index (χ2n) is 9.87. The highest BCUT2D eigenvalue weighted by Crippen LogP contribution is 2.57. The van der Waals surface area contributed by atoms with Crippen LogP contribution in [0.4, 0.5) is 20.4 Å². The third-order valence-electron chi connectivity index (χ3n) is 7.09. The number of ether oxygens (including phenoxy) is 3. The molecule has 2 fully saturated rings. The zero-order chi connectivity index (χ0) is 32.0. The van der Waals surface area contributed by atoms with Crippen LogP contribution in [0.15, 0.2) is 25.3 Å². The standard InChI is InChI=1S/C21H26F2N10O8P2S2/c22-10-8(1-34)39-21(33-6-31-13-17(25)27-4-29-19(13)33)15(10)41-43(36,45)38-2-9-14(37-7-42(35)44)11(23)20(40-9)32-5-30-12-16(24)26-3-28-18(12)32/h3-6,8-11,14-15,20-21,34,42H,1-2,7H2,(H,35,44)(H,36,45)(H2,24,26,28)(H2,25,27,29)/t8-,9-,10?,11?,14?,15?,20-,21-,43?/m1/s1. The molecule has 6 rings (SSSR count). The van der Waals surface area contributed by atoms with Gasteiger partial charge in [-0.2, -0.15) is 0 Å². The normalized spacial score (nSPS) is 30.7. The summed E-state index contributed by atoms with van der Waals surface area (Å²) in [5, 5.41) is 9.68. The fraction of sp³-hybridized carbons (Fsp3) is 0.524. The first-order valence-electron chi connectivity index (χ1n) is 13.0. The van der Waals surface area contributed by atoms with Gasteiger partial charge in [0.1, 0.15) is 61.5 Å². The maximum Gasteiger partial charge on any atom is 0.386 e. The predicted molar refractivity (Wildman–Crippen MR) is 159 cm³/mol. The quantitative estimate of drug-likeness (QED) is 0.109. The molecule has 18 nitrogen and oxygen atoms in total. The Morgan fingerprint density at radius 1 is 0.933 bits per heavy atom. The number of nitrogens with zero attached hydrogens (tertiary/aromatic N) is 8. The first kappa shape index (κ1) is 32.4. The number of aliphatic hydroxyl groups excluding tert-OH is 1. The summed E-state index contributed by atoms with van der Waals surface area (Å²) in [6.07, 6.45) is -7.85. The van der Waals surface area contributed by atoms with E-state index < -0.39 is 82.6 Å². The second-order valence-corrected chi connectivity index (χ2v) is 15.3. The van der Waals surface area contributed by atoms with Gasteiger partial charge in [0.15, 0.2) is 47.7 Å². The minimum Gasteiger partial charge on any atom is -0.394 e. The van der Waals surface area contributed by atoms with Gasteiger partial charge < -0.3 is 35.3 Å². The molecule has 2 aliphatic heterocycles. The number of halogens is 2. The first-order chi connectivity index (χ1) is 21.5. The van der Waals surface area contributed by atoms with Gasteiger partial charge in [0.25, 0.3) is 0 Å². The zero-order valence-electron chi connectivity index (χ0n) is 22.7. The van der Waals surface area contributed by atoms with Crippen LogP contribution in [0, 0.1) is 0 Å². The lowest BCUT2D eigenvalue weighted by molar-refractivity contribution is -0.0573. The number of nitrogens with two attached hydrogens (primary N) is 2. The third-order valence-corrected chi connectivity index (χ3v) is 9.51. The summed E-state index contributed by atoms with van der Waals surface area (Å²) in [5.41, 5.74) is 12.4. The monoisotopic (exact) mass is 710 g/mol. The van der Waals surface area contributed by atoms with Crippen LogP contribution in [0.25, 0.3) is 22.3 Å². The number of rotatable bonds is 11. The number of alkyl halides is 2. The zero-order valence-corrected chi connectivity index (χ0v) is 26.4. The fourth-order valence-corrected chi connectivity index (χ4v) is 7.07. The Kier molecular flexibility index (Phi) is 9.32. The van der Waals surface area contributed by atoms with Crippen molar-refractivity contribution in [2.75, 3.05) is 31.0 Å². The van der Waals surface area contributed by atoms with Crippen molar-refractivity contribution >= 4 is 72.3 Å². The first-order valence-corrected chi connectivity index (χ1v) is 18.6. The number of thiol groups is 2. The molecule has 4 aromatic heterocycles. The molecule has 4 aromatic rings. The lowest BCUT2D eigenvalue weighted by Crippen LogP contribution is -2.35. The highest BCUT2D eigenvalue weighted by Gasteiger charge is 2.52. The van der Waals surface area contributed by atoms with E-state index in [0.717, 1.165) is 6.33 Å². The van der Waals surface area contributed by atoms with Gasteiger partial charge in [-0.25, -0.2) is 43.2 Å². The summed E-state index contributed by atoms with van der Waals surface area (Å²) < 4.78 is 86.9. The summed E-state index contributed by atoms with van der Waals surface area (Å²) in [4.78, 5) is 24.1. The number of aliphatic hydroxyl groups is 1. The molecule has 10 atom stereocenters. The maximum absolute atomic E-state index is 15.8. The molecule has 45 heavy (non-hydrogen) atoms. The predicted octanol–water partition coefficient (Wildman–Crippen LogP) is 1.48. The van der Waals surface area contributed by atoms with Crippen LogP contribution in [0.5, 0.6) is 0 Å². The van der Waals surface area contributed by atoms with Crippen LogP contribution in [0.3, 0.4) is 0 Å². The van der Waals surface area contributed by atoms with E-state index in [1.54, 1.807) is 0 Å². The molecule has 0 aromatic carbocycles. The van der Waals surface area contributed by atoms with Crippen molar-refractivity contribution < 1.29 is 46.3 Å². The Morgan fingerprint density at radius 2 is 1.51 bits per heavy atom. The molecule has 6 heterocycles. The van der Waals surface area contributed by atoms with Gasteiger partial charge in [0.05, 0.1) is 25.9 Å². The van der Waals surface area contributed by atoms with Crippen molar-refractivity contribution in [3.8, 4) is 0 Å². The highest BCUT2D eigenvalue weighted by molar-refractivity contribution is 8.44. The molecule has 2 saturated heterocycles. The van der Waals surface area contributed by atoms with Gasteiger partial charge in [-0.05, 0) is 0 Å². The number of fused-ring (bicyclic) bond motifs is 2. The Morgan fingerprint density at radius 3 is 2.09 bits per heavy atom. The van der Waals surface area contributed by atoms with E-state index >= 15 is 8.78 Å². The minimum absolute atomic E-state index is 0.0495. The number of anilines is 2. The molecule has 244 valence electrons. The Labute approximate surface area is 262 Å². The van der Waals surface area contributed by atoms with Crippen molar-refractivity contribution in [1.82, 2.24) is 39.0 Å². The smallest absolute Gasteiger partial charge is 0.386 e. The van der Waals surface area contributed by atoms with Gasteiger partial charge >= 0.3 is 6.80 Å². The van der Waals surface area contributed by atoms with E-state index in [2.05, 4.69) is 54.4 Å². The van der Waals surface area contributed by atoms with Gasteiger partial charge in [-0.15, -0.1) is 12.2 Å². The third kappa shape index (κ3) is 6.28. The van der Waals surface area contributed by atoms with Crippen LogP contribution in [0.1, 0.15) is 12.5 Å². The van der Waals surface area contributed by atoms with Crippen LogP contribution in [0.2, 0.25) is 0 Å². The summed E-state index contributed by atoms with van der Waals surface area (Å²) in [6, 6.07) is 0. The molecule has 0 saturated carbocycles. The molecule has 2 aliphatic rings. The number of hydrogen-bond acceptors (Lipinski definition) is 16. The van der Waals surface area contributed by atoms with Crippen molar-refractivity contribution in [2.45, 2.75) is 49.2 Å². The van der Waals surface area contributed by atoms with Crippen molar-refractivity contribution in [3.63, 3.8) is 0 Å². The summed E-state index contributed by atoms with van der Waals surface area (Å²) in [7, 11) is -2.49. The molecule has 0 spiro atoms. The highest BCUT2D eigenvalue weighted by atomic mass is 32.7. The minimum atomic E-state index is -4.47. The summed E-state index contributed by atoms with van der Waals surface area (Å²) in [6.45, 7) is -5.83. The number of hydrogen-bond donors (Lipinski definition) is 5. The van der Waals surface area contributed by atoms with E-state index in [1.807, 2.05) is 0 Å². The SMILES string of the molecule is Nc1ncnc2c1ncn2[C@@H]1O[C@H](COP(=O)(S)OC2C(F)[C@@H](CO)O[C@H]2n2cnc3c(N)ncnc32)C(OC[PH](=O)S)C1F. The van der Waals surface area contributed by atoms with Crippen LogP contribution in [-0.2, 0) is 32.4 Å². The summed E-state index contributed by atoms with van der Waals surface area (Å²) >= 11 is 7.84. The molecule has 0 aliphatic carbocycles. The molecular weight excluding hydrogens is 684 g/mol. The van der Waals surface area contributed by atoms with Gasteiger partial charge in [0, 0.05) is 0 Å². The van der Waals surface area contributed by atoms with Crippen molar-refractivity contribution in [1.29, 1.82) is 0 Å². The largest absolute Gasteiger partial charge is 0.394 e. The average Bonchev–Trinajstić information content (AvgIpc) is 3.76. The molecular formula is C21H26F2N10O8P2S2. The number of nitrogen functional groups attached to an aromatic ring is 2. The van der Waals surface area contributed by atoms with E-state index in [4.69, 9.17) is 34.7 Å². The van der Waals surface area contributed by atoms with E-state index in [-0.39, 0.29) is 34.0 Å². The average molecular weight is 711 g/mol. The second kappa shape index (κ2) is 12.9. The van der Waals surface area contributed by atoms with Gasteiger partial charge in [0.2, 0.25) is 0 Å². The van der Waals surface area contributed by atoms with Gasteiger partial charge in [-0.1, -0.05) is 12.2 Å². The lowest BCUT2D eigenvalue weighted by atomic mass is 10.1. The van der Waals surface area contributed by atoms with Crippen LogP contribution >= 0.6 is 38.3 Å². The molecule has 0 radical (unpaired) electrons. The van der Waals surface area contributed by atoms with Crippen LogP contribution < -0.4 is 11.5 Å². The Bertz CT molecular complexity index is 1780. The lowest BCUT2D eigenvalue weighted by Gasteiger charge is -2.25. The Hall–Kier alpha value is -2.52. The topological polar surface area (TPSA) is 240 Å². The summed E-state index contributed by atoms with van der Waals surface area (Å²) in [5.74, 6) is 0.110. The molecule has 6 unspecified atom stereocenters.